The molecular formula is C23H26F2N6O. The number of urea groups is 1. The maximum absolute atomic E-state index is 13.5. The number of aryl methyl sites for hydroxylation is 1. The third-order valence-electron chi connectivity index (χ3n) is 5.35. The van der Waals surface area contributed by atoms with E-state index in [4.69, 9.17) is 0 Å². The van der Waals surface area contributed by atoms with E-state index in [0.29, 0.717) is 25.6 Å². The van der Waals surface area contributed by atoms with Crippen LogP contribution in [-0.4, -0.2) is 47.5 Å². The number of piperazine rings is 1. The number of aliphatic imine (C=N–C) groups is 1. The van der Waals surface area contributed by atoms with Gasteiger partial charge in [-0.3, -0.25) is 5.32 Å². The Balaban J connectivity index is 1.77. The van der Waals surface area contributed by atoms with E-state index in [1.165, 1.54) is 6.07 Å². The lowest BCUT2D eigenvalue weighted by Crippen LogP contribution is -2.59. The maximum Gasteiger partial charge on any atom is 0.322 e. The van der Waals surface area contributed by atoms with Gasteiger partial charge in [0.05, 0.1) is 11.7 Å². The molecule has 0 aromatic heterocycles. The third kappa shape index (κ3) is 5.52. The molecule has 0 radical (unpaired) electrons. The van der Waals surface area contributed by atoms with E-state index >= 15 is 0 Å². The molecule has 0 bridgehead atoms. The smallest absolute Gasteiger partial charge is 0.322 e. The number of hydrogen-bond donors (Lipinski definition) is 2. The fraction of sp³-hybridized carbons (Fsp3) is 0.348. The number of nitrogens with one attached hydrogen (secondary N) is 2. The summed E-state index contributed by atoms with van der Waals surface area (Å²) in [7, 11) is 0. The Labute approximate surface area is 186 Å². The van der Waals surface area contributed by atoms with Crippen molar-refractivity contribution >= 4 is 23.4 Å². The quantitative estimate of drug-likeness (QED) is 0.320. The van der Waals surface area contributed by atoms with Crippen LogP contribution in [-0.2, 0) is 0 Å². The van der Waals surface area contributed by atoms with Crippen molar-refractivity contribution in [3.05, 3.63) is 59.7 Å². The lowest BCUT2D eigenvalue weighted by Gasteiger charge is -2.42. The molecule has 9 heteroatoms. The van der Waals surface area contributed by atoms with Gasteiger partial charge in [-0.25, -0.2) is 18.6 Å². The topological polar surface area (TPSA) is 83.8 Å². The molecule has 1 atom stereocenters. The fourth-order valence-electron chi connectivity index (χ4n) is 3.70. The second-order valence-electron chi connectivity index (χ2n) is 7.60. The van der Waals surface area contributed by atoms with E-state index in [0.717, 1.165) is 36.2 Å². The summed E-state index contributed by atoms with van der Waals surface area (Å²) in [5, 5.41) is 14.5. The number of amides is 2. The van der Waals surface area contributed by atoms with Crippen molar-refractivity contribution in [1.82, 2.24) is 15.1 Å². The Kier molecular flexibility index (Phi) is 7.60. The van der Waals surface area contributed by atoms with Gasteiger partial charge in [0.25, 0.3) is 0 Å². The minimum absolute atomic E-state index is 0.137. The Morgan fingerprint density at radius 3 is 2.69 bits per heavy atom. The van der Waals surface area contributed by atoms with Gasteiger partial charge in [0, 0.05) is 31.4 Å². The first-order valence-electron chi connectivity index (χ1n) is 10.5. The van der Waals surface area contributed by atoms with Crippen LogP contribution in [0.25, 0.3) is 0 Å². The summed E-state index contributed by atoms with van der Waals surface area (Å²) < 4.78 is 26.7. The van der Waals surface area contributed by atoms with Crippen molar-refractivity contribution in [2.45, 2.75) is 32.7 Å². The summed E-state index contributed by atoms with van der Waals surface area (Å²) in [5.41, 5.74) is 1.94. The monoisotopic (exact) mass is 440 g/mol. The fourth-order valence-corrected chi connectivity index (χ4v) is 3.70. The van der Waals surface area contributed by atoms with Crippen molar-refractivity contribution in [3.8, 4) is 6.19 Å². The van der Waals surface area contributed by atoms with Crippen molar-refractivity contribution in [2.24, 2.45) is 4.99 Å². The predicted octanol–water partition coefficient (Wildman–Crippen LogP) is 4.35. The second kappa shape index (κ2) is 10.6. The number of hydrogen-bond acceptors (Lipinski definition) is 3. The number of nitriles is 1. The highest BCUT2D eigenvalue weighted by Crippen LogP contribution is 2.21. The standard InChI is InChI=1S/C23H26F2N6O/c1-3-6-18-14-30(22(27-15-26)29-21-8-5-4-7-16(21)2)11-12-31(18)23(32)28-17-9-10-19(24)20(25)13-17/h4-5,7-10,13,18H,3,6,11-12,14H2,1-2H3,(H,27,29)(H,28,32). The Morgan fingerprint density at radius 1 is 1.22 bits per heavy atom. The average molecular weight is 440 g/mol. The van der Waals surface area contributed by atoms with Crippen LogP contribution >= 0.6 is 0 Å². The summed E-state index contributed by atoms with van der Waals surface area (Å²) >= 11 is 0. The van der Waals surface area contributed by atoms with Gasteiger partial charge in [0.1, 0.15) is 0 Å². The molecular weight excluding hydrogens is 414 g/mol. The normalized spacial score (nSPS) is 16.5. The van der Waals surface area contributed by atoms with Crippen molar-refractivity contribution in [1.29, 1.82) is 5.26 Å². The third-order valence-corrected chi connectivity index (χ3v) is 5.35. The molecule has 1 heterocycles. The number of carbonyl (C=O) groups excluding carboxylic acids is 1. The maximum atomic E-state index is 13.5. The first-order chi connectivity index (χ1) is 15.4. The van der Waals surface area contributed by atoms with E-state index in [1.54, 1.807) is 4.90 Å². The number of carbonyl (C=O) groups is 1. The second-order valence-corrected chi connectivity index (χ2v) is 7.60. The summed E-state index contributed by atoms with van der Waals surface area (Å²) in [5.74, 6) is -1.55. The number of anilines is 1. The van der Waals surface area contributed by atoms with Crippen LogP contribution in [0.5, 0.6) is 0 Å². The molecule has 168 valence electrons. The molecule has 1 unspecified atom stereocenters. The Hall–Kier alpha value is -3.67. The summed E-state index contributed by atoms with van der Waals surface area (Å²) in [6.07, 6.45) is 3.54. The molecule has 2 N–H and O–H groups in total. The number of guanidine groups is 1. The van der Waals surface area contributed by atoms with Gasteiger partial charge >= 0.3 is 6.03 Å². The first kappa shape index (κ1) is 23.0. The number of para-hydroxylation sites is 1. The van der Waals surface area contributed by atoms with Crippen molar-refractivity contribution in [2.75, 3.05) is 25.0 Å². The van der Waals surface area contributed by atoms with E-state index in [-0.39, 0.29) is 17.8 Å². The van der Waals surface area contributed by atoms with Gasteiger partial charge < -0.3 is 15.1 Å². The van der Waals surface area contributed by atoms with E-state index in [1.807, 2.05) is 49.2 Å². The molecule has 1 aliphatic heterocycles. The van der Waals surface area contributed by atoms with Crippen LogP contribution in [0.1, 0.15) is 25.3 Å². The summed E-state index contributed by atoms with van der Waals surface area (Å²) in [6, 6.07) is 10.4. The van der Waals surface area contributed by atoms with Gasteiger partial charge in [0.15, 0.2) is 17.8 Å². The zero-order valence-corrected chi connectivity index (χ0v) is 18.1. The van der Waals surface area contributed by atoms with Crippen LogP contribution in [0, 0.1) is 30.0 Å². The number of halogens is 2. The van der Waals surface area contributed by atoms with Gasteiger partial charge in [-0.05, 0) is 37.1 Å². The highest BCUT2D eigenvalue weighted by molar-refractivity contribution is 5.90. The minimum Gasteiger partial charge on any atom is -0.338 e. The number of nitrogens with zero attached hydrogens (tertiary/aromatic N) is 4. The predicted molar refractivity (Wildman–Crippen MR) is 119 cm³/mol. The summed E-state index contributed by atoms with van der Waals surface area (Å²) in [6.45, 7) is 5.31. The van der Waals surface area contributed by atoms with Crippen LogP contribution in [0.2, 0.25) is 0 Å². The van der Waals surface area contributed by atoms with Crippen LogP contribution in [0.3, 0.4) is 0 Å². The molecule has 2 aromatic rings. The molecule has 0 saturated carbocycles. The van der Waals surface area contributed by atoms with Crippen LogP contribution < -0.4 is 10.6 Å². The van der Waals surface area contributed by atoms with Gasteiger partial charge in [-0.2, -0.15) is 5.26 Å². The molecule has 2 aromatic carbocycles. The number of benzene rings is 2. The lowest BCUT2D eigenvalue weighted by atomic mass is 10.1. The molecule has 1 fully saturated rings. The molecule has 0 spiro atoms. The minimum atomic E-state index is -1.02. The molecule has 32 heavy (non-hydrogen) atoms. The number of rotatable bonds is 4. The molecule has 1 saturated heterocycles. The zero-order chi connectivity index (χ0) is 23.1. The molecule has 2 amide bonds. The van der Waals surface area contributed by atoms with Gasteiger partial charge in [-0.1, -0.05) is 31.5 Å². The Bertz CT molecular complexity index is 1040. The van der Waals surface area contributed by atoms with Crippen LogP contribution in [0.4, 0.5) is 25.0 Å². The van der Waals surface area contributed by atoms with Crippen LogP contribution in [0.15, 0.2) is 47.5 Å². The van der Waals surface area contributed by atoms with Gasteiger partial charge in [0.2, 0.25) is 5.96 Å². The zero-order valence-electron chi connectivity index (χ0n) is 18.1. The highest BCUT2D eigenvalue weighted by atomic mass is 19.2. The van der Waals surface area contributed by atoms with E-state index in [9.17, 15) is 18.8 Å². The lowest BCUT2D eigenvalue weighted by molar-refractivity contribution is 0.129. The van der Waals surface area contributed by atoms with Crippen molar-refractivity contribution < 1.29 is 13.6 Å². The molecule has 7 nitrogen and oxygen atoms in total. The van der Waals surface area contributed by atoms with Crippen molar-refractivity contribution in [3.63, 3.8) is 0 Å². The average Bonchev–Trinajstić information content (AvgIpc) is 2.77. The largest absolute Gasteiger partial charge is 0.338 e. The molecule has 1 aliphatic rings. The Morgan fingerprint density at radius 2 is 2.00 bits per heavy atom. The van der Waals surface area contributed by atoms with E-state index < -0.39 is 11.6 Å². The molecule has 3 rings (SSSR count). The SMILES string of the molecule is CCCC1CN(C(=Nc2ccccc2C)NC#N)CCN1C(=O)Nc1ccc(F)c(F)c1. The highest BCUT2D eigenvalue weighted by Gasteiger charge is 2.31. The first-order valence-corrected chi connectivity index (χ1v) is 10.5. The summed E-state index contributed by atoms with van der Waals surface area (Å²) in [4.78, 5) is 21.2. The van der Waals surface area contributed by atoms with Gasteiger partial charge in [-0.15, -0.1) is 0 Å². The molecule has 0 aliphatic carbocycles. The van der Waals surface area contributed by atoms with E-state index in [2.05, 4.69) is 15.6 Å².